The van der Waals surface area contributed by atoms with E-state index in [1.54, 1.807) is 28.6 Å². The van der Waals surface area contributed by atoms with Gasteiger partial charge in [0.1, 0.15) is 5.76 Å². The van der Waals surface area contributed by atoms with Crippen LogP contribution in [0.15, 0.2) is 16.7 Å². The first-order chi connectivity index (χ1) is 10.1. The molecule has 5 heteroatoms. The number of carbonyl (C=O) groups is 1. The van der Waals surface area contributed by atoms with Crippen LogP contribution in [0.5, 0.6) is 0 Å². The molecule has 0 unspecified atom stereocenters. The van der Waals surface area contributed by atoms with E-state index >= 15 is 0 Å². The molecule has 2 heterocycles. The van der Waals surface area contributed by atoms with E-state index < -0.39 is 0 Å². The molecule has 0 bridgehead atoms. The third kappa shape index (κ3) is 2.75. The van der Waals surface area contributed by atoms with Gasteiger partial charge in [0, 0.05) is 24.4 Å². The molecule has 1 amide bonds. The number of hydrogen-bond acceptors (Lipinski definition) is 4. The summed E-state index contributed by atoms with van der Waals surface area (Å²) in [4.78, 5) is 20.4. The molecule has 0 fully saturated rings. The van der Waals surface area contributed by atoms with E-state index in [2.05, 4.69) is 11.9 Å². The predicted molar refractivity (Wildman–Crippen MR) is 82.9 cm³/mol. The second-order valence-corrected chi connectivity index (χ2v) is 6.99. The number of likely N-dealkylation sites (N-methyl/N-ethyl adjacent to an activating group) is 1. The molecule has 0 saturated carbocycles. The third-order valence-electron chi connectivity index (χ3n) is 4.11. The minimum atomic E-state index is 0.0281. The number of fused-ring (bicyclic) bond motifs is 1. The summed E-state index contributed by atoms with van der Waals surface area (Å²) < 4.78 is 5.23. The zero-order valence-electron chi connectivity index (χ0n) is 12.7. The molecule has 21 heavy (non-hydrogen) atoms. The molecule has 1 aliphatic carbocycles. The molecule has 0 N–H and O–H groups in total. The molecule has 1 atom stereocenters. The Morgan fingerprint density at radius 2 is 2.33 bits per heavy atom. The van der Waals surface area contributed by atoms with Crippen LogP contribution in [0.2, 0.25) is 0 Å². The van der Waals surface area contributed by atoms with Crippen LogP contribution < -0.4 is 0 Å². The molecule has 1 aliphatic rings. The number of furan rings is 1. The first-order valence-electron chi connectivity index (χ1n) is 7.32. The average molecular weight is 304 g/mol. The number of carbonyl (C=O) groups excluding carboxylic acids is 1. The van der Waals surface area contributed by atoms with Gasteiger partial charge in [0.05, 0.1) is 22.5 Å². The fourth-order valence-electron chi connectivity index (χ4n) is 3.03. The number of thiazole rings is 1. The van der Waals surface area contributed by atoms with E-state index in [0.29, 0.717) is 17.2 Å². The maximum absolute atomic E-state index is 12.5. The monoisotopic (exact) mass is 304 g/mol. The molecule has 0 aromatic carbocycles. The Balaban J connectivity index is 1.75. The SMILES string of the molecule is Cc1nc2c(s1)CCC[C@H]2CN(C)C(=O)c1ccoc1C. The van der Waals surface area contributed by atoms with Gasteiger partial charge in [-0.05, 0) is 39.2 Å². The number of aromatic nitrogens is 1. The molecular weight excluding hydrogens is 284 g/mol. The Kier molecular flexibility index (Phi) is 3.85. The zero-order valence-corrected chi connectivity index (χ0v) is 13.5. The Hall–Kier alpha value is -1.62. The van der Waals surface area contributed by atoms with E-state index in [9.17, 15) is 4.79 Å². The molecule has 4 nitrogen and oxygen atoms in total. The van der Waals surface area contributed by atoms with Gasteiger partial charge in [-0.15, -0.1) is 11.3 Å². The number of aryl methyl sites for hydroxylation is 3. The average Bonchev–Trinajstić information content (AvgIpc) is 3.03. The topological polar surface area (TPSA) is 46.3 Å². The van der Waals surface area contributed by atoms with Crippen molar-refractivity contribution < 1.29 is 9.21 Å². The maximum Gasteiger partial charge on any atom is 0.257 e. The van der Waals surface area contributed by atoms with Gasteiger partial charge in [0.15, 0.2) is 0 Å². The minimum Gasteiger partial charge on any atom is -0.469 e. The Morgan fingerprint density at radius 3 is 3.05 bits per heavy atom. The van der Waals surface area contributed by atoms with Crippen molar-refractivity contribution in [1.29, 1.82) is 0 Å². The van der Waals surface area contributed by atoms with Crippen LogP contribution in [0.25, 0.3) is 0 Å². The highest BCUT2D eigenvalue weighted by molar-refractivity contribution is 7.11. The lowest BCUT2D eigenvalue weighted by Crippen LogP contribution is -2.32. The van der Waals surface area contributed by atoms with Crippen LogP contribution in [0.4, 0.5) is 0 Å². The van der Waals surface area contributed by atoms with E-state index in [4.69, 9.17) is 4.42 Å². The first-order valence-corrected chi connectivity index (χ1v) is 8.13. The van der Waals surface area contributed by atoms with Crippen LogP contribution in [0.3, 0.4) is 0 Å². The second-order valence-electron chi connectivity index (χ2n) is 5.71. The van der Waals surface area contributed by atoms with Crippen LogP contribution >= 0.6 is 11.3 Å². The van der Waals surface area contributed by atoms with Gasteiger partial charge < -0.3 is 9.32 Å². The van der Waals surface area contributed by atoms with Gasteiger partial charge in [-0.2, -0.15) is 0 Å². The number of nitrogens with zero attached hydrogens (tertiary/aromatic N) is 2. The standard InChI is InChI=1S/C16H20N2O2S/c1-10-13(7-8-20-10)16(19)18(3)9-12-5-4-6-14-15(12)17-11(2)21-14/h7-8,12H,4-6,9H2,1-3H3/t12-/m0/s1. The van der Waals surface area contributed by atoms with Crippen molar-refractivity contribution in [3.05, 3.63) is 39.2 Å². The van der Waals surface area contributed by atoms with Gasteiger partial charge in [-0.3, -0.25) is 4.79 Å². The molecule has 112 valence electrons. The highest BCUT2D eigenvalue weighted by Gasteiger charge is 2.27. The summed E-state index contributed by atoms with van der Waals surface area (Å²) >= 11 is 1.80. The fraction of sp³-hybridized carbons (Fsp3) is 0.500. The smallest absolute Gasteiger partial charge is 0.257 e. The third-order valence-corrected chi connectivity index (χ3v) is 5.15. The van der Waals surface area contributed by atoms with Gasteiger partial charge >= 0.3 is 0 Å². The fourth-order valence-corrected chi connectivity index (χ4v) is 4.10. The summed E-state index contributed by atoms with van der Waals surface area (Å²) in [5.41, 5.74) is 1.87. The van der Waals surface area contributed by atoms with Crippen molar-refractivity contribution in [2.75, 3.05) is 13.6 Å². The number of amides is 1. The summed E-state index contributed by atoms with van der Waals surface area (Å²) in [6.07, 6.45) is 5.00. The first kappa shape index (κ1) is 14.3. The summed E-state index contributed by atoms with van der Waals surface area (Å²) in [5.74, 6) is 1.07. The maximum atomic E-state index is 12.5. The quantitative estimate of drug-likeness (QED) is 0.871. The number of rotatable bonds is 3. The summed E-state index contributed by atoms with van der Waals surface area (Å²) in [7, 11) is 1.86. The van der Waals surface area contributed by atoms with Crippen molar-refractivity contribution >= 4 is 17.2 Å². The largest absolute Gasteiger partial charge is 0.469 e. The molecule has 2 aromatic heterocycles. The van der Waals surface area contributed by atoms with Crippen molar-refractivity contribution in [3.8, 4) is 0 Å². The normalized spacial score (nSPS) is 17.6. The molecule has 0 saturated heterocycles. The van der Waals surface area contributed by atoms with Gasteiger partial charge in [0.2, 0.25) is 0 Å². The highest BCUT2D eigenvalue weighted by Crippen LogP contribution is 2.35. The van der Waals surface area contributed by atoms with Crippen LogP contribution in [0, 0.1) is 13.8 Å². The Morgan fingerprint density at radius 1 is 1.52 bits per heavy atom. The van der Waals surface area contributed by atoms with Gasteiger partial charge in [-0.1, -0.05) is 0 Å². The Bertz CT molecular complexity index is 659. The van der Waals surface area contributed by atoms with Crippen LogP contribution in [0.1, 0.15) is 50.5 Å². The van der Waals surface area contributed by atoms with Crippen molar-refractivity contribution in [2.24, 2.45) is 0 Å². The number of hydrogen-bond donors (Lipinski definition) is 0. The van der Waals surface area contributed by atoms with E-state index in [1.807, 2.05) is 14.0 Å². The highest BCUT2D eigenvalue weighted by atomic mass is 32.1. The minimum absolute atomic E-state index is 0.0281. The van der Waals surface area contributed by atoms with Crippen molar-refractivity contribution in [3.63, 3.8) is 0 Å². The molecular formula is C16H20N2O2S. The van der Waals surface area contributed by atoms with E-state index in [1.165, 1.54) is 17.0 Å². The van der Waals surface area contributed by atoms with Crippen molar-refractivity contribution in [2.45, 2.75) is 39.0 Å². The van der Waals surface area contributed by atoms with Crippen molar-refractivity contribution in [1.82, 2.24) is 9.88 Å². The summed E-state index contributed by atoms with van der Waals surface area (Å²) in [5, 5.41) is 1.13. The Labute approximate surface area is 128 Å². The molecule has 2 aromatic rings. The second kappa shape index (κ2) is 5.64. The van der Waals surface area contributed by atoms with Gasteiger partial charge in [0.25, 0.3) is 5.91 Å². The molecule has 3 rings (SSSR count). The lowest BCUT2D eigenvalue weighted by Gasteiger charge is -2.26. The van der Waals surface area contributed by atoms with Gasteiger partial charge in [-0.25, -0.2) is 4.98 Å². The summed E-state index contributed by atoms with van der Waals surface area (Å²) in [6.45, 7) is 4.60. The molecule has 0 aliphatic heterocycles. The molecule has 0 radical (unpaired) electrons. The lowest BCUT2D eigenvalue weighted by molar-refractivity contribution is 0.0781. The lowest BCUT2D eigenvalue weighted by atomic mass is 9.90. The van der Waals surface area contributed by atoms with E-state index in [-0.39, 0.29) is 5.91 Å². The summed E-state index contributed by atoms with van der Waals surface area (Å²) in [6, 6.07) is 1.74. The zero-order chi connectivity index (χ0) is 15.0. The van der Waals surface area contributed by atoms with Crippen LogP contribution in [-0.2, 0) is 6.42 Å². The van der Waals surface area contributed by atoms with E-state index in [0.717, 1.165) is 24.4 Å². The molecule has 0 spiro atoms. The van der Waals surface area contributed by atoms with Crippen LogP contribution in [-0.4, -0.2) is 29.4 Å². The predicted octanol–water partition coefficient (Wildman–Crippen LogP) is 3.55.